The van der Waals surface area contributed by atoms with E-state index in [0.717, 1.165) is 5.75 Å². The zero-order valence-corrected chi connectivity index (χ0v) is 11.1. The van der Waals surface area contributed by atoms with E-state index in [2.05, 4.69) is 5.32 Å². The van der Waals surface area contributed by atoms with Gasteiger partial charge in [0.25, 0.3) is 0 Å². The van der Waals surface area contributed by atoms with Crippen molar-refractivity contribution in [2.45, 2.75) is 32.9 Å². The lowest BCUT2D eigenvalue weighted by Crippen LogP contribution is -2.64. The fraction of sp³-hybridized carbons (Fsp3) is 0.818. The van der Waals surface area contributed by atoms with Gasteiger partial charge in [0.15, 0.2) is 0 Å². The third-order valence-electron chi connectivity index (χ3n) is 2.78. The Labute approximate surface area is 101 Å². The van der Waals surface area contributed by atoms with Gasteiger partial charge in [-0.2, -0.15) is 11.8 Å². The maximum atomic E-state index is 12.0. The van der Waals surface area contributed by atoms with Gasteiger partial charge in [0, 0.05) is 12.3 Å². The first-order valence-corrected chi connectivity index (χ1v) is 6.98. The van der Waals surface area contributed by atoms with E-state index in [0.29, 0.717) is 6.54 Å². The maximum Gasteiger partial charge on any atom is 0.245 e. The van der Waals surface area contributed by atoms with Gasteiger partial charge in [-0.3, -0.25) is 9.59 Å². The first kappa shape index (κ1) is 13.4. The van der Waals surface area contributed by atoms with Crippen LogP contribution in [-0.2, 0) is 9.59 Å². The highest BCUT2D eigenvalue weighted by Crippen LogP contribution is 2.17. The van der Waals surface area contributed by atoms with Crippen LogP contribution in [0.2, 0.25) is 0 Å². The Morgan fingerprint density at radius 1 is 1.44 bits per heavy atom. The average Bonchev–Trinajstić information content (AvgIpc) is 2.20. The Balaban J connectivity index is 2.84. The van der Waals surface area contributed by atoms with E-state index < -0.39 is 0 Å². The molecule has 2 unspecified atom stereocenters. The SMILES string of the molecule is CSCCN1C(=O)C(C)NC(=O)C1C(C)C. The van der Waals surface area contributed by atoms with Gasteiger partial charge in [-0.25, -0.2) is 0 Å². The van der Waals surface area contributed by atoms with Crippen LogP contribution in [0.25, 0.3) is 0 Å². The maximum absolute atomic E-state index is 12.0. The highest BCUT2D eigenvalue weighted by atomic mass is 32.2. The van der Waals surface area contributed by atoms with Gasteiger partial charge >= 0.3 is 0 Å². The number of rotatable bonds is 4. The molecule has 0 bridgehead atoms. The molecule has 0 aromatic heterocycles. The summed E-state index contributed by atoms with van der Waals surface area (Å²) < 4.78 is 0. The van der Waals surface area contributed by atoms with Crippen LogP contribution in [0.1, 0.15) is 20.8 Å². The number of carbonyl (C=O) groups excluding carboxylic acids is 2. The van der Waals surface area contributed by atoms with Gasteiger partial charge < -0.3 is 10.2 Å². The Morgan fingerprint density at radius 2 is 2.06 bits per heavy atom. The highest BCUT2D eigenvalue weighted by molar-refractivity contribution is 7.98. The zero-order chi connectivity index (χ0) is 12.3. The summed E-state index contributed by atoms with van der Waals surface area (Å²) in [6.07, 6.45) is 2.00. The van der Waals surface area contributed by atoms with Crippen molar-refractivity contribution >= 4 is 23.6 Å². The average molecular weight is 244 g/mol. The van der Waals surface area contributed by atoms with Crippen LogP contribution in [0.15, 0.2) is 0 Å². The summed E-state index contributed by atoms with van der Waals surface area (Å²) in [7, 11) is 0. The third kappa shape index (κ3) is 2.70. The van der Waals surface area contributed by atoms with Gasteiger partial charge in [-0.1, -0.05) is 13.8 Å². The van der Waals surface area contributed by atoms with Gasteiger partial charge in [0.2, 0.25) is 11.8 Å². The zero-order valence-electron chi connectivity index (χ0n) is 10.3. The number of amides is 2. The molecule has 0 radical (unpaired) electrons. The summed E-state index contributed by atoms with van der Waals surface area (Å²) in [5.41, 5.74) is 0. The minimum Gasteiger partial charge on any atom is -0.343 e. The van der Waals surface area contributed by atoms with Crippen LogP contribution in [-0.4, -0.2) is 47.4 Å². The van der Waals surface area contributed by atoms with Crippen LogP contribution < -0.4 is 5.32 Å². The topological polar surface area (TPSA) is 49.4 Å². The largest absolute Gasteiger partial charge is 0.343 e. The third-order valence-corrected chi connectivity index (χ3v) is 3.38. The molecule has 1 aliphatic heterocycles. The summed E-state index contributed by atoms with van der Waals surface area (Å²) in [6, 6.07) is -0.694. The molecule has 1 fully saturated rings. The van der Waals surface area contributed by atoms with Crippen molar-refractivity contribution in [2.24, 2.45) is 5.92 Å². The van der Waals surface area contributed by atoms with Crippen molar-refractivity contribution in [3.63, 3.8) is 0 Å². The number of piperazine rings is 1. The number of hydrogen-bond donors (Lipinski definition) is 1. The van der Waals surface area contributed by atoms with Gasteiger partial charge in [0.1, 0.15) is 12.1 Å². The molecule has 2 amide bonds. The molecule has 0 aromatic carbocycles. The number of carbonyl (C=O) groups is 2. The molecular formula is C11H20N2O2S. The summed E-state index contributed by atoms with van der Waals surface area (Å²) in [6.45, 7) is 6.34. The predicted octanol–water partition coefficient (Wildman–Crippen LogP) is 0.721. The lowest BCUT2D eigenvalue weighted by Gasteiger charge is -2.39. The Bertz CT molecular complexity index is 281. The van der Waals surface area contributed by atoms with Gasteiger partial charge in [-0.15, -0.1) is 0 Å². The molecule has 0 aliphatic carbocycles. The molecular weight excluding hydrogens is 224 g/mol. The van der Waals surface area contributed by atoms with E-state index in [4.69, 9.17) is 0 Å². The fourth-order valence-electron chi connectivity index (χ4n) is 1.99. The van der Waals surface area contributed by atoms with Crippen LogP contribution >= 0.6 is 11.8 Å². The van der Waals surface area contributed by atoms with Crippen LogP contribution in [0.4, 0.5) is 0 Å². The van der Waals surface area contributed by atoms with Crippen molar-refractivity contribution in [3.8, 4) is 0 Å². The molecule has 2 atom stereocenters. The lowest BCUT2D eigenvalue weighted by molar-refractivity contribution is -0.150. The second-order valence-corrected chi connectivity index (χ2v) is 5.43. The van der Waals surface area contributed by atoms with Crippen LogP contribution in [0.3, 0.4) is 0 Å². The van der Waals surface area contributed by atoms with Crippen molar-refractivity contribution < 1.29 is 9.59 Å². The van der Waals surface area contributed by atoms with E-state index >= 15 is 0 Å². The van der Waals surface area contributed by atoms with Crippen molar-refractivity contribution in [1.82, 2.24) is 10.2 Å². The van der Waals surface area contributed by atoms with Crippen molar-refractivity contribution in [2.75, 3.05) is 18.6 Å². The first-order chi connectivity index (χ1) is 7.49. The van der Waals surface area contributed by atoms with E-state index in [1.807, 2.05) is 20.1 Å². The van der Waals surface area contributed by atoms with E-state index in [9.17, 15) is 9.59 Å². The smallest absolute Gasteiger partial charge is 0.245 e. The molecule has 5 heteroatoms. The molecule has 16 heavy (non-hydrogen) atoms. The lowest BCUT2D eigenvalue weighted by atomic mass is 9.97. The molecule has 92 valence electrons. The monoisotopic (exact) mass is 244 g/mol. The molecule has 1 saturated heterocycles. The second kappa shape index (κ2) is 5.57. The first-order valence-electron chi connectivity index (χ1n) is 5.58. The number of hydrogen-bond acceptors (Lipinski definition) is 3. The van der Waals surface area contributed by atoms with E-state index in [1.165, 1.54) is 0 Å². The van der Waals surface area contributed by atoms with Crippen molar-refractivity contribution in [1.29, 1.82) is 0 Å². The molecule has 1 rings (SSSR count). The quantitative estimate of drug-likeness (QED) is 0.793. The summed E-state index contributed by atoms with van der Waals surface area (Å²) >= 11 is 1.69. The number of thioether (sulfide) groups is 1. The van der Waals surface area contributed by atoms with Gasteiger partial charge in [0.05, 0.1) is 0 Å². The minimum absolute atomic E-state index is 0.0248. The highest BCUT2D eigenvalue weighted by Gasteiger charge is 2.39. The molecule has 1 aliphatic rings. The Kier molecular flexibility index (Phi) is 4.65. The molecule has 1 heterocycles. The summed E-state index contributed by atoms with van der Waals surface area (Å²) in [4.78, 5) is 25.6. The van der Waals surface area contributed by atoms with Crippen LogP contribution in [0, 0.1) is 5.92 Å². The molecule has 0 saturated carbocycles. The Hall–Kier alpha value is -0.710. The molecule has 1 N–H and O–H groups in total. The summed E-state index contributed by atoms with van der Waals surface area (Å²) in [5, 5.41) is 2.73. The summed E-state index contributed by atoms with van der Waals surface area (Å²) in [5.74, 6) is 1.03. The van der Waals surface area contributed by atoms with E-state index in [-0.39, 0.29) is 29.8 Å². The van der Waals surface area contributed by atoms with Gasteiger partial charge in [-0.05, 0) is 19.1 Å². The van der Waals surface area contributed by atoms with Crippen molar-refractivity contribution in [3.05, 3.63) is 0 Å². The molecule has 4 nitrogen and oxygen atoms in total. The Morgan fingerprint density at radius 3 is 2.56 bits per heavy atom. The number of nitrogens with zero attached hydrogens (tertiary/aromatic N) is 1. The molecule has 0 aromatic rings. The fourth-order valence-corrected chi connectivity index (χ4v) is 2.37. The molecule has 0 spiro atoms. The standard InChI is InChI=1S/C11H20N2O2S/c1-7(2)9-10(14)12-8(3)11(15)13(9)5-6-16-4/h7-9H,5-6H2,1-4H3,(H,12,14). The van der Waals surface area contributed by atoms with E-state index in [1.54, 1.807) is 23.6 Å². The second-order valence-electron chi connectivity index (χ2n) is 4.44. The predicted molar refractivity (Wildman–Crippen MR) is 66.3 cm³/mol. The van der Waals surface area contributed by atoms with Crippen LogP contribution in [0.5, 0.6) is 0 Å². The normalized spacial score (nSPS) is 26.2. The minimum atomic E-state index is -0.385. The number of nitrogens with one attached hydrogen (secondary N) is 1.